The highest BCUT2D eigenvalue weighted by Crippen LogP contribution is 2.25. The Morgan fingerprint density at radius 2 is 1.88 bits per heavy atom. The molecule has 1 aromatic heterocycles. The first-order chi connectivity index (χ1) is 11.8. The summed E-state index contributed by atoms with van der Waals surface area (Å²) < 4.78 is 0. The lowest BCUT2D eigenvalue weighted by atomic mass is 9.89. The Kier molecular flexibility index (Phi) is 4.59. The van der Waals surface area contributed by atoms with Gasteiger partial charge in [0.2, 0.25) is 0 Å². The molecule has 0 aliphatic carbocycles. The molecule has 2 aromatic carbocycles. The smallest absolute Gasteiger partial charge is 0.0454 e. The van der Waals surface area contributed by atoms with Gasteiger partial charge in [0.25, 0.3) is 0 Å². The van der Waals surface area contributed by atoms with E-state index in [0.29, 0.717) is 0 Å². The third kappa shape index (κ3) is 3.50. The molecule has 1 N–H and O–H groups in total. The van der Waals surface area contributed by atoms with Gasteiger partial charge in [-0.25, -0.2) is 0 Å². The average Bonchev–Trinajstić information content (AvgIpc) is 3.06. The summed E-state index contributed by atoms with van der Waals surface area (Å²) in [5.41, 5.74) is 3.94. The Morgan fingerprint density at radius 3 is 2.71 bits per heavy atom. The molecule has 1 aliphatic heterocycles. The Morgan fingerprint density at radius 1 is 1.04 bits per heavy atom. The predicted octanol–water partition coefficient (Wildman–Crippen LogP) is 5.28. The molecule has 1 saturated heterocycles. The molecule has 0 spiro atoms. The van der Waals surface area contributed by atoms with Gasteiger partial charge in [-0.05, 0) is 79.0 Å². The third-order valence-corrected chi connectivity index (χ3v) is 5.57. The van der Waals surface area contributed by atoms with Crippen LogP contribution in [0.3, 0.4) is 0 Å². The summed E-state index contributed by atoms with van der Waals surface area (Å²) in [6, 6.07) is 17.2. The molecule has 24 heavy (non-hydrogen) atoms. The van der Waals surface area contributed by atoms with Gasteiger partial charge < -0.3 is 4.98 Å². The number of H-pyrrole nitrogens is 1. The molecule has 0 saturated carbocycles. The second-order valence-electron chi connectivity index (χ2n) is 6.91. The molecule has 3 heteroatoms. The molecule has 3 aromatic rings. The summed E-state index contributed by atoms with van der Waals surface area (Å²) in [5.74, 6) is 0.795. The van der Waals surface area contributed by atoms with Gasteiger partial charge in [-0.1, -0.05) is 35.9 Å². The Labute approximate surface area is 148 Å². The fourth-order valence-corrected chi connectivity index (χ4v) is 3.97. The number of aromatic amines is 1. The number of hydrogen-bond acceptors (Lipinski definition) is 1. The zero-order chi connectivity index (χ0) is 16.4. The van der Waals surface area contributed by atoms with Crippen molar-refractivity contribution in [3.05, 3.63) is 70.9 Å². The van der Waals surface area contributed by atoms with Crippen molar-refractivity contribution >= 4 is 22.5 Å². The van der Waals surface area contributed by atoms with E-state index >= 15 is 0 Å². The third-order valence-electron chi connectivity index (χ3n) is 5.20. The maximum absolute atomic E-state index is 6.29. The highest BCUT2D eigenvalue weighted by molar-refractivity contribution is 6.31. The number of piperidine rings is 1. The van der Waals surface area contributed by atoms with Gasteiger partial charge in [0.1, 0.15) is 0 Å². The molecule has 1 aliphatic rings. The molecule has 1 fully saturated rings. The number of halogens is 1. The molecule has 0 bridgehead atoms. The fourth-order valence-electron chi connectivity index (χ4n) is 3.78. The quantitative estimate of drug-likeness (QED) is 0.686. The van der Waals surface area contributed by atoms with Crippen LogP contribution in [0.5, 0.6) is 0 Å². The van der Waals surface area contributed by atoms with Crippen molar-refractivity contribution in [3.63, 3.8) is 0 Å². The normalized spacial score (nSPS) is 16.7. The van der Waals surface area contributed by atoms with Crippen LogP contribution >= 0.6 is 11.6 Å². The van der Waals surface area contributed by atoms with E-state index in [2.05, 4.69) is 46.3 Å². The molecule has 0 radical (unpaired) electrons. The van der Waals surface area contributed by atoms with E-state index in [9.17, 15) is 0 Å². The van der Waals surface area contributed by atoms with Gasteiger partial charge in [0.05, 0.1) is 0 Å². The van der Waals surface area contributed by atoms with Crippen molar-refractivity contribution in [2.75, 3.05) is 13.1 Å². The van der Waals surface area contributed by atoms with Crippen molar-refractivity contribution in [1.29, 1.82) is 0 Å². The first-order valence-electron chi connectivity index (χ1n) is 8.80. The predicted molar refractivity (Wildman–Crippen MR) is 101 cm³/mol. The fraction of sp³-hybridized carbons (Fsp3) is 0.333. The van der Waals surface area contributed by atoms with Gasteiger partial charge in [0, 0.05) is 23.3 Å². The van der Waals surface area contributed by atoms with E-state index in [-0.39, 0.29) is 0 Å². The minimum absolute atomic E-state index is 0.795. The second-order valence-corrected chi connectivity index (χ2v) is 7.32. The molecule has 124 valence electrons. The molecule has 2 nitrogen and oxygen atoms in total. The van der Waals surface area contributed by atoms with Crippen LogP contribution in [0.1, 0.15) is 24.0 Å². The van der Waals surface area contributed by atoms with Crippen LogP contribution in [-0.4, -0.2) is 23.0 Å². The van der Waals surface area contributed by atoms with E-state index in [4.69, 9.17) is 11.6 Å². The Balaban J connectivity index is 1.33. The maximum atomic E-state index is 6.29. The van der Waals surface area contributed by atoms with Crippen LogP contribution in [0.15, 0.2) is 54.7 Å². The van der Waals surface area contributed by atoms with Gasteiger partial charge in [-0.2, -0.15) is 0 Å². The molecular weight excluding hydrogens is 316 g/mol. The van der Waals surface area contributed by atoms with Crippen molar-refractivity contribution in [1.82, 2.24) is 9.88 Å². The zero-order valence-corrected chi connectivity index (χ0v) is 14.6. The first kappa shape index (κ1) is 15.7. The van der Waals surface area contributed by atoms with Crippen LogP contribution in [0.25, 0.3) is 10.9 Å². The summed E-state index contributed by atoms with van der Waals surface area (Å²) >= 11 is 6.29. The summed E-state index contributed by atoms with van der Waals surface area (Å²) in [4.78, 5) is 5.80. The van der Waals surface area contributed by atoms with Crippen LogP contribution in [0.2, 0.25) is 5.02 Å². The SMILES string of the molecule is Clc1ccccc1CN1CCC(Cc2ccc3[nH]ccc3c2)CC1. The van der Waals surface area contributed by atoms with Crippen LogP contribution in [0.4, 0.5) is 0 Å². The Hall–Kier alpha value is -1.77. The number of aromatic nitrogens is 1. The molecule has 0 atom stereocenters. The molecule has 0 unspecified atom stereocenters. The summed E-state index contributed by atoms with van der Waals surface area (Å²) in [6.45, 7) is 3.31. The van der Waals surface area contributed by atoms with Crippen molar-refractivity contribution in [3.8, 4) is 0 Å². The van der Waals surface area contributed by atoms with Crippen LogP contribution < -0.4 is 0 Å². The molecule has 4 rings (SSSR count). The first-order valence-corrected chi connectivity index (χ1v) is 9.17. The number of hydrogen-bond donors (Lipinski definition) is 1. The summed E-state index contributed by atoms with van der Waals surface area (Å²) in [6.07, 6.45) is 5.76. The minimum Gasteiger partial charge on any atom is -0.361 e. The van der Waals surface area contributed by atoms with Crippen LogP contribution in [0, 0.1) is 5.92 Å². The van der Waals surface area contributed by atoms with E-state index < -0.39 is 0 Å². The standard InChI is InChI=1S/C21H23ClN2/c22-20-4-2-1-3-19(20)15-24-11-8-16(9-12-24)13-17-5-6-21-18(14-17)7-10-23-21/h1-7,10,14,16,23H,8-9,11-13,15H2. The number of rotatable bonds is 4. The van der Waals surface area contributed by atoms with Crippen molar-refractivity contribution in [2.45, 2.75) is 25.8 Å². The molecular formula is C21H23ClN2. The monoisotopic (exact) mass is 338 g/mol. The van der Waals surface area contributed by atoms with Gasteiger partial charge >= 0.3 is 0 Å². The largest absolute Gasteiger partial charge is 0.361 e. The minimum atomic E-state index is 0.795. The molecule has 2 heterocycles. The van der Waals surface area contributed by atoms with Gasteiger partial charge in [-0.3, -0.25) is 4.90 Å². The Bertz CT molecular complexity index is 815. The number of nitrogens with one attached hydrogen (secondary N) is 1. The lowest BCUT2D eigenvalue weighted by Crippen LogP contribution is -2.33. The number of nitrogens with zero attached hydrogens (tertiary/aromatic N) is 1. The van der Waals surface area contributed by atoms with Crippen molar-refractivity contribution in [2.24, 2.45) is 5.92 Å². The van der Waals surface area contributed by atoms with Gasteiger partial charge in [-0.15, -0.1) is 0 Å². The topological polar surface area (TPSA) is 19.0 Å². The lowest BCUT2D eigenvalue weighted by Gasteiger charge is -2.32. The maximum Gasteiger partial charge on any atom is 0.0454 e. The number of fused-ring (bicyclic) bond motifs is 1. The van der Waals surface area contributed by atoms with E-state index in [1.807, 2.05) is 18.3 Å². The zero-order valence-electron chi connectivity index (χ0n) is 13.8. The highest BCUT2D eigenvalue weighted by Gasteiger charge is 2.20. The summed E-state index contributed by atoms with van der Waals surface area (Å²) in [7, 11) is 0. The summed E-state index contributed by atoms with van der Waals surface area (Å²) in [5, 5.41) is 2.21. The van der Waals surface area contributed by atoms with Gasteiger partial charge in [0.15, 0.2) is 0 Å². The molecule has 0 amide bonds. The lowest BCUT2D eigenvalue weighted by molar-refractivity contribution is 0.177. The second kappa shape index (κ2) is 7.00. The number of benzene rings is 2. The van der Waals surface area contributed by atoms with E-state index in [1.54, 1.807) is 0 Å². The van der Waals surface area contributed by atoms with E-state index in [1.165, 1.54) is 54.4 Å². The number of likely N-dealkylation sites (tertiary alicyclic amines) is 1. The highest BCUT2D eigenvalue weighted by atomic mass is 35.5. The van der Waals surface area contributed by atoms with Crippen LogP contribution in [-0.2, 0) is 13.0 Å². The van der Waals surface area contributed by atoms with E-state index in [0.717, 1.165) is 17.5 Å². The van der Waals surface area contributed by atoms with Crippen molar-refractivity contribution < 1.29 is 0 Å². The average molecular weight is 339 g/mol.